The normalized spacial score (nSPS) is 18.8. The zero-order chi connectivity index (χ0) is 16.2. The average molecular weight is 312 g/mol. The van der Waals surface area contributed by atoms with Crippen LogP contribution in [-0.2, 0) is 6.18 Å². The van der Waals surface area contributed by atoms with E-state index >= 15 is 0 Å². The zero-order valence-electron chi connectivity index (χ0n) is 13.7. The molecule has 1 aromatic rings. The molecule has 0 nitrogen and oxygen atoms in total. The second-order valence-electron chi connectivity index (χ2n) is 6.89. The van der Waals surface area contributed by atoms with Gasteiger partial charge in [-0.3, -0.25) is 0 Å². The third-order valence-corrected chi connectivity index (χ3v) is 4.83. The summed E-state index contributed by atoms with van der Waals surface area (Å²) < 4.78 is 40.1. The molecule has 0 unspecified atom stereocenters. The lowest BCUT2D eigenvalue weighted by atomic mass is 9.86. The lowest BCUT2D eigenvalue weighted by Gasteiger charge is -2.21. The van der Waals surface area contributed by atoms with Gasteiger partial charge in [-0.25, -0.2) is 0 Å². The third kappa shape index (κ3) is 4.50. The average Bonchev–Trinajstić information content (AvgIpc) is 2.59. The van der Waals surface area contributed by atoms with E-state index in [0.29, 0.717) is 11.5 Å². The van der Waals surface area contributed by atoms with Crippen LogP contribution < -0.4 is 0 Å². The number of halogens is 3. The monoisotopic (exact) mass is 312 g/mol. The summed E-state index contributed by atoms with van der Waals surface area (Å²) in [4.78, 5) is 0. The number of hydrogen-bond donors (Lipinski definition) is 0. The Morgan fingerprint density at radius 3 is 1.95 bits per heavy atom. The Balaban J connectivity index is 2.29. The predicted octanol–water partition coefficient (Wildman–Crippen LogP) is 7.05. The van der Waals surface area contributed by atoms with Gasteiger partial charge in [0.25, 0.3) is 0 Å². The fraction of sp³-hybridized carbons (Fsp3) is 0.684. The van der Waals surface area contributed by atoms with Crippen LogP contribution in [0.4, 0.5) is 13.2 Å². The first-order valence-corrected chi connectivity index (χ1v) is 8.60. The van der Waals surface area contributed by atoms with E-state index in [2.05, 4.69) is 0 Å². The number of alkyl halides is 3. The summed E-state index contributed by atoms with van der Waals surface area (Å²) in [5, 5.41) is 0. The molecule has 0 radical (unpaired) electrons. The minimum Gasteiger partial charge on any atom is -0.166 e. The predicted molar refractivity (Wildman–Crippen MR) is 85.2 cm³/mol. The Kier molecular flexibility index (Phi) is 5.94. The van der Waals surface area contributed by atoms with Crippen LogP contribution in [0.2, 0.25) is 0 Å². The summed E-state index contributed by atoms with van der Waals surface area (Å²) in [6.07, 6.45) is 5.04. The first kappa shape index (κ1) is 17.4. The number of rotatable bonds is 2. The van der Waals surface area contributed by atoms with E-state index in [0.717, 1.165) is 31.2 Å². The highest BCUT2D eigenvalue weighted by Crippen LogP contribution is 2.39. The van der Waals surface area contributed by atoms with Crippen LogP contribution in [0.15, 0.2) is 18.2 Å². The molecule has 2 rings (SSSR count). The second-order valence-corrected chi connectivity index (χ2v) is 6.89. The van der Waals surface area contributed by atoms with Crippen molar-refractivity contribution in [3.63, 3.8) is 0 Å². The number of hydrogen-bond acceptors (Lipinski definition) is 0. The topological polar surface area (TPSA) is 0 Å². The van der Waals surface area contributed by atoms with Crippen molar-refractivity contribution in [3.8, 4) is 0 Å². The molecule has 1 aliphatic carbocycles. The summed E-state index contributed by atoms with van der Waals surface area (Å²) in [5.74, 6) is 0.187. The fourth-order valence-corrected chi connectivity index (χ4v) is 3.54. The largest absolute Gasteiger partial charge is 0.416 e. The molecule has 3 heteroatoms. The Morgan fingerprint density at radius 2 is 1.45 bits per heavy atom. The van der Waals surface area contributed by atoms with Gasteiger partial charge in [0.1, 0.15) is 0 Å². The smallest absolute Gasteiger partial charge is 0.166 e. The summed E-state index contributed by atoms with van der Waals surface area (Å²) in [7, 11) is 0. The van der Waals surface area contributed by atoms with Gasteiger partial charge in [0.2, 0.25) is 0 Å². The van der Waals surface area contributed by atoms with Crippen molar-refractivity contribution in [3.05, 3.63) is 34.9 Å². The molecule has 0 atom stereocenters. The van der Waals surface area contributed by atoms with Gasteiger partial charge in [0, 0.05) is 0 Å². The summed E-state index contributed by atoms with van der Waals surface area (Å²) in [6.45, 7) is 3.65. The SMILES string of the molecule is CC(C)c1ccc(C2CCCCCCCC2)cc1C(F)(F)F. The second kappa shape index (κ2) is 7.52. The highest BCUT2D eigenvalue weighted by molar-refractivity contribution is 5.37. The van der Waals surface area contributed by atoms with Crippen LogP contribution in [0.1, 0.15) is 93.7 Å². The molecule has 0 spiro atoms. The Hall–Kier alpha value is -0.990. The molecule has 1 saturated carbocycles. The van der Waals surface area contributed by atoms with E-state index in [9.17, 15) is 13.2 Å². The molecule has 1 aliphatic rings. The van der Waals surface area contributed by atoms with Crippen molar-refractivity contribution in [1.29, 1.82) is 0 Å². The molecule has 22 heavy (non-hydrogen) atoms. The van der Waals surface area contributed by atoms with Crippen molar-refractivity contribution in [2.75, 3.05) is 0 Å². The van der Waals surface area contributed by atoms with Crippen molar-refractivity contribution in [1.82, 2.24) is 0 Å². The van der Waals surface area contributed by atoms with Crippen molar-refractivity contribution < 1.29 is 13.2 Å². The summed E-state index contributed by atoms with van der Waals surface area (Å²) in [6, 6.07) is 5.07. The van der Waals surface area contributed by atoms with E-state index in [1.165, 1.54) is 31.7 Å². The van der Waals surface area contributed by atoms with Gasteiger partial charge >= 0.3 is 6.18 Å². The van der Waals surface area contributed by atoms with E-state index in [4.69, 9.17) is 0 Å². The Labute approximate surface area is 132 Å². The van der Waals surface area contributed by atoms with Crippen molar-refractivity contribution in [2.24, 2.45) is 0 Å². The first-order valence-electron chi connectivity index (χ1n) is 8.60. The highest BCUT2D eigenvalue weighted by atomic mass is 19.4. The first-order chi connectivity index (χ1) is 10.4. The van der Waals surface area contributed by atoms with Gasteiger partial charge in [-0.05, 0) is 41.9 Å². The lowest BCUT2D eigenvalue weighted by Crippen LogP contribution is -2.12. The summed E-state index contributed by atoms with van der Waals surface area (Å²) >= 11 is 0. The molecule has 0 saturated heterocycles. The van der Waals surface area contributed by atoms with E-state index < -0.39 is 11.7 Å². The van der Waals surface area contributed by atoms with E-state index in [1.807, 2.05) is 19.9 Å². The third-order valence-electron chi connectivity index (χ3n) is 4.83. The van der Waals surface area contributed by atoms with Crippen molar-refractivity contribution in [2.45, 2.75) is 83.2 Å². The fourth-order valence-electron chi connectivity index (χ4n) is 3.54. The van der Waals surface area contributed by atoms with Crippen LogP contribution in [0.5, 0.6) is 0 Å². The van der Waals surface area contributed by atoms with Gasteiger partial charge in [0.05, 0.1) is 5.56 Å². The van der Waals surface area contributed by atoms with Gasteiger partial charge in [-0.1, -0.05) is 64.5 Å². The zero-order valence-corrected chi connectivity index (χ0v) is 13.7. The van der Waals surface area contributed by atoms with Crippen LogP contribution in [0, 0.1) is 0 Å². The van der Waals surface area contributed by atoms with Crippen LogP contribution >= 0.6 is 0 Å². The van der Waals surface area contributed by atoms with Crippen LogP contribution in [-0.4, -0.2) is 0 Å². The van der Waals surface area contributed by atoms with Crippen LogP contribution in [0.3, 0.4) is 0 Å². The molecular formula is C19H27F3. The maximum atomic E-state index is 13.4. The molecule has 1 fully saturated rings. The minimum atomic E-state index is -4.26. The maximum absolute atomic E-state index is 13.4. The quantitative estimate of drug-likeness (QED) is 0.549. The molecule has 1 aromatic carbocycles. The van der Waals surface area contributed by atoms with Gasteiger partial charge in [0.15, 0.2) is 0 Å². The highest BCUT2D eigenvalue weighted by Gasteiger charge is 2.34. The van der Waals surface area contributed by atoms with Gasteiger partial charge in [-0.2, -0.15) is 13.2 Å². The molecule has 124 valence electrons. The minimum absolute atomic E-state index is 0.105. The van der Waals surface area contributed by atoms with E-state index in [-0.39, 0.29) is 5.92 Å². The Bertz CT molecular complexity index is 464. The van der Waals surface area contributed by atoms with Crippen molar-refractivity contribution >= 4 is 0 Å². The molecule has 0 bridgehead atoms. The van der Waals surface area contributed by atoms with Gasteiger partial charge in [-0.15, -0.1) is 0 Å². The standard InChI is InChI=1S/C19H27F3/c1-14(2)17-12-11-16(13-18(17)19(20,21)22)15-9-7-5-3-4-6-8-10-15/h11-15H,3-10H2,1-2H3. The molecule has 0 N–H and O–H groups in total. The molecule has 0 aromatic heterocycles. The number of benzene rings is 1. The summed E-state index contributed by atoms with van der Waals surface area (Å²) in [5.41, 5.74) is 0.873. The van der Waals surface area contributed by atoms with Crippen LogP contribution in [0.25, 0.3) is 0 Å². The Morgan fingerprint density at radius 1 is 0.909 bits per heavy atom. The molecular weight excluding hydrogens is 285 g/mol. The molecule has 0 heterocycles. The van der Waals surface area contributed by atoms with E-state index in [1.54, 1.807) is 6.07 Å². The molecule has 0 amide bonds. The maximum Gasteiger partial charge on any atom is 0.416 e. The lowest BCUT2D eigenvalue weighted by molar-refractivity contribution is -0.138. The van der Waals surface area contributed by atoms with Gasteiger partial charge < -0.3 is 0 Å². The molecule has 0 aliphatic heterocycles.